The van der Waals surface area contributed by atoms with Gasteiger partial charge in [-0.3, -0.25) is 4.79 Å². The summed E-state index contributed by atoms with van der Waals surface area (Å²) < 4.78 is 46.0. The third-order valence-electron chi connectivity index (χ3n) is 6.43. The predicted molar refractivity (Wildman–Crippen MR) is 116 cm³/mol. The number of aromatic nitrogens is 3. The Kier molecular flexibility index (Phi) is 5.95. The number of hydrogen-bond acceptors (Lipinski definition) is 6. The molecule has 2 aliphatic rings. The predicted octanol–water partition coefficient (Wildman–Crippen LogP) is 3.59. The highest BCUT2D eigenvalue weighted by Crippen LogP contribution is 2.32. The number of rotatable bonds is 4. The Morgan fingerprint density at radius 1 is 0.971 bits per heavy atom. The maximum Gasteiger partial charge on any atom is 0.573 e. The summed E-state index contributed by atoms with van der Waals surface area (Å²) in [5, 5.41) is 10.6. The minimum atomic E-state index is -4.76. The highest BCUT2D eigenvalue weighted by Gasteiger charge is 2.40. The zero-order chi connectivity index (χ0) is 24.6. The van der Waals surface area contributed by atoms with Crippen LogP contribution in [0.15, 0.2) is 42.5 Å². The number of nitrogens with one attached hydrogen (secondary N) is 1. The molecule has 2 amide bonds. The second-order valence-electron chi connectivity index (χ2n) is 8.74. The van der Waals surface area contributed by atoms with E-state index in [-0.39, 0.29) is 24.2 Å². The number of alkyl halides is 3. The van der Waals surface area contributed by atoms with Crippen molar-refractivity contribution in [3.05, 3.63) is 53.6 Å². The highest BCUT2D eigenvalue weighted by atomic mass is 19.4. The van der Waals surface area contributed by atoms with E-state index in [0.29, 0.717) is 54.3 Å². The van der Waals surface area contributed by atoms with E-state index < -0.39 is 12.5 Å². The number of aromatic amines is 1. The average molecular weight is 489 g/mol. The topological polar surface area (TPSA) is 101 Å². The lowest BCUT2D eigenvalue weighted by molar-refractivity contribution is -0.274. The largest absolute Gasteiger partial charge is 0.573 e. The van der Waals surface area contributed by atoms with Crippen LogP contribution in [-0.4, -0.2) is 69.8 Å². The zero-order valence-electron chi connectivity index (χ0n) is 18.5. The van der Waals surface area contributed by atoms with Crippen molar-refractivity contribution in [2.75, 3.05) is 26.2 Å². The van der Waals surface area contributed by atoms with Gasteiger partial charge in [-0.05, 0) is 54.2 Å². The van der Waals surface area contributed by atoms with Gasteiger partial charge in [-0.2, -0.15) is 15.4 Å². The number of halogens is 3. The Hall–Kier alpha value is -3.83. The number of fused-ring (bicyclic) bond motifs is 2. The molecule has 35 heavy (non-hydrogen) atoms. The van der Waals surface area contributed by atoms with Crippen LogP contribution >= 0.6 is 0 Å². The molecule has 0 unspecified atom stereocenters. The summed E-state index contributed by atoms with van der Waals surface area (Å²) in [5.74, 6) is 0.0436. The van der Waals surface area contributed by atoms with Gasteiger partial charge < -0.3 is 19.3 Å². The van der Waals surface area contributed by atoms with Crippen LogP contribution in [0.4, 0.5) is 18.0 Å². The fraction of sp³-hybridized carbons (Fsp3) is 0.391. The Morgan fingerprint density at radius 2 is 1.69 bits per heavy atom. The normalized spacial score (nSPS) is 20.1. The molecule has 0 saturated carbocycles. The van der Waals surface area contributed by atoms with Crippen molar-refractivity contribution in [3.63, 3.8) is 0 Å². The quantitative estimate of drug-likeness (QED) is 0.601. The summed E-state index contributed by atoms with van der Waals surface area (Å²) in [6, 6.07) is 10.4. The Bertz CT molecular complexity index is 1230. The van der Waals surface area contributed by atoms with E-state index in [2.05, 4.69) is 20.1 Å². The molecule has 0 aliphatic carbocycles. The summed E-state index contributed by atoms with van der Waals surface area (Å²) in [6.45, 7) is 2.12. The molecule has 2 aromatic carbocycles. The van der Waals surface area contributed by atoms with Crippen LogP contribution in [0.2, 0.25) is 0 Å². The van der Waals surface area contributed by atoms with Crippen molar-refractivity contribution in [2.45, 2.75) is 19.4 Å². The van der Waals surface area contributed by atoms with Crippen LogP contribution in [0, 0.1) is 11.8 Å². The van der Waals surface area contributed by atoms with Crippen molar-refractivity contribution in [1.29, 1.82) is 0 Å². The number of carbonyl (C=O) groups excluding carboxylic acids is 2. The Balaban J connectivity index is 1.13. The molecule has 2 aliphatic heterocycles. The molecule has 0 radical (unpaired) electrons. The van der Waals surface area contributed by atoms with E-state index >= 15 is 0 Å². The monoisotopic (exact) mass is 489 g/mol. The molecule has 9 nitrogen and oxygen atoms in total. The third kappa shape index (κ3) is 5.15. The van der Waals surface area contributed by atoms with E-state index in [1.807, 2.05) is 4.90 Å². The molecule has 0 bridgehead atoms. The molecule has 1 aromatic heterocycles. The molecule has 1 N–H and O–H groups in total. The standard InChI is InChI=1S/C23H22F3N5O4/c24-23(25,26)35-18-4-1-14(2-5-18)13-34-22(33)30-8-7-16-10-31(12-17(16)11-30)21(32)15-3-6-19-20(9-15)28-29-27-19/h1-6,9,16-17H,7-8,10-13H2,(H,27,28,29)/t16-,17-/m0/s1. The minimum absolute atomic E-state index is 0.0646. The molecule has 184 valence electrons. The maximum atomic E-state index is 13.0. The molecule has 0 spiro atoms. The first-order valence-electron chi connectivity index (χ1n) is 11.1. The van der Waals surface area contributed by atoms with E-state index in [1.165, 1.54) is 24.3 Å². The molecule has 3 heterocycles. The number of hydrogen-bond donors (Lipinski definition) is 1. The lowest BCUT2D eigenvalue weighted by atomic mass is 9.89. The molecule has 5 rings (SSSR count). The molecular formula is C23H22F3N5O4. The minimum Gasteiger partial charge on any atom is -0.445 e. The molecular weight excluding hydrogens is 467 g/mol. The van der Waals surface area contributed by atoms with Crippen LogP contribution in [0.5, 0.6) is 5.75 Å². The van der Waals surface area contributed by atoms with Crippen LogP contribution in [0.1, 0.15) is 22.3 Å². The zero-order valence-corrected chi connectivity index (χ0v) is 18.5. The SMILES string of the molecule is O=C(OCc1ccc(OC(F)(F)F)cc1)N1CC[C@H]2CN(C(=O)c3ccc4n[nH]nc4c3)C[C@@H]2C1. The third-order valence-corrected chi connectivity index (χ3v) is 6.43. The van der Waals surface area contributed by atoms with E-state index in [0.717, 1.165) is 6.42 Å². The number of carbonyl (C=O) groups is 2. The molecule has 12 heteroatoms. The summed E-state index contributed by atoms with van der Waals surface area (Å²) >= 11 is 0. The summed E-state index contributed by atoms with van der Waals surface area (Å²) in [4.78, 5) is 29.0. The second-order valence-corrected chi connectivity index (χ2v) is 8.74. The van der Waals surface area contributed by atoms with Crippen LogP contribution in [0.3, 0.4) is 0 Å². The van der Waals surface area contributed by atoms with Crippen molar-refractivity contribution in [3.8, 4) is 5.75 Å². The molecule has 2 fully saturated rings. The van der Waals surface area contributed by atoms with Crippen LogP contribution in [-0.2, 0) is 11.3 Å². The number of likely N-dealkylation sites (tertiary alicyclic amines) is 2. The first kappa shape index (κ1) is 22.9. The summed E-state index contributed by atoms with van der Waals surface area (Å²) in [6.07, 6.45) is -4.49. The van der Waals surface area contributed by atoms with Gasteiger partial charge in [0, 0.05) is 31.7 Å². The number of nitrogens with zero attached hydrogens (tertiary/aromatic N) is 4. The molecule has 2 atom stereocenters. The Labute approximate surface area is 197 Å². The summed E-state index contributed by atoms with van der Waals surface area (Å²) in [7, 11) is 0. The first-order chi connectivity index (χ1) is 16.7. The van der Waals surface area contributed by atoms with E-state index in [4.69, 9.17) is 4.74 Å². The number of ether oxygens (including phenoxy) is 2. The Morgan fingerprint density at radius 3 is 2.46 bits per heavy atom. The van der Waals surface area contributed by atoms with Gasteiger partial charge in [-0.1, -0.05) is 12.1 Å². The second kappa shape index (κ2) is 9.08. The smallest absolute Gasteiger partial charge is 0.445 e. The lowest BCUT2D eigenvalue weighted by Gasteiger charge is -2.33. The fourth-order valence-electron chi connectivity index (χ4n) is 4.68. The van der Waals surface area contributed by atoms with Crippen molar-refractivity contribution in [1.82, 2.24) is 25.2 Å². The first-order valence-corrected chi connectivity index (χ1v) is 11.1. The van der Waals surface area contributed by atoms with Gasteiger partial charge in [0.05, 0.1) is 0 Å². The molecule has 2 saturated heterocycles. The lowest BCUT2D eigenvalue weighted by Crippen LogP contribution is -2.43. The van der Waals surface area contributed by atoms with Crippen LogP contribution < -0.4 is 4.74 Å². The van der Waals surface area contributed by atoms with Crippen molar-refractivity contribution < 1.29 is 32.2 Å². The maximum absolute atomic E-state index is 13.0. The van der Waals surface area contributed by atoms with Crippen molar-refractivity contribution in [2.24, 2.45) is 11.8 Å². The number of H-pyrrole nitrogens is 1. The van der Waals surface area contributed by atoms with Gasteiger partial charge in [0.15, 0.2) is 0 Å². The van der Waals surface area contributed by atoms with Gasteiger partial charge in [0.25, 0.3) is 5.91 Å². The fourth-order valence-corrected chi connectivity index (χ4v) is 4.68. The van der Waals surface area contributed by atoms with Gasteiger partial charge in [-0.25, -0.2) is 4.79 Å². The van der Waals surface area contributed by atoms with Gasteiger partial charge >= 0.3 is 12.5 Å². The molecule has 3 aromatic rings. The van der Waals surface area contributed by atoms with Gasteiger partial charge in [-0.15, -0.1) is 13.2 Å². The highest BCUT2D eigenvalue weighted by molar-refractivity contribution is 5.97. The number of piperidine rings is 1. The van der Waals surface area contributed by atoms with Crippen molar-refractivity contribution >= 4 is 23.0 Å². The summed E-state index contributed by atoms with van der Waals surface area (Å²) in [5.41, 5.74) is 2.41. The van der Waals surface area contributed by atoms with E-state index in [9.17, 15) is 22.8 Å². The van der Waals surface area contributed by atoms with E-state index in [1.54, 1.807) is 23.1 Å². The average Bonchev–Trinajstić information content (AvgIpc) is 3.47. The number of amides is 2. The van der Waals surface area contributed by atoms with Crippen LogP contribution in [0.25, 0.3) is 11.0 Å². The number of benzene rings is 2. The van der Waals surface area contributed by atoms with Gasteiger partial charge in [0.1, 0.15) is 23.4 Å². The van der Waals surface area contributed by atoms with Gasteiger partial charge in [0.2, 0.25) is 0 Å².